The fraction of sp³-hybridized carbons (Fsp3) is 0.318. The molecule has 0 fully saturated rings. The fourth-order valence-corrected chi connectivity index (χ4v) is 3.55. The topological polar surface area (TPSA) is 144 Å². The third-order valence-corrected chi connectivity index (χ3v) is 5.46. The van der Waals surface area contributed by atoms with Gasteiger partial charge in [0.25, 0.3) is 5.91 Å². The number of carboxylic acids is 2. The van der Waals surface area contributed by atoms with Crippen molar-refractivity contribution < 1.29 is 55.7 Å². The van der Waals surface area contributed by atoms with Gasteiger partial charge in [-0.3, -0.25) is 14.5 Å². The van der Waals surface area contributed by atoms with E-state index in [-0.39, 0.29) is 12.0 Å². The summed E-state index contributed by atoms with van der Waals surface area (Å²) in [4.78, 5) is 35.0. The second-order valence-corrected chi connectivity index (χ2v) is 8.41. The number of aliphatic carboxylic acids is 2. The van der Waals surface area contributed by atoms with Gasteiger partial charge in [0, 0.05) is 18.9 Å². The van der Waals surface area contributed by atoms with Crippen molar-refractivity contribution in [1.82, 2.24) is 20.1 Å². The number of ether oxygens (including phenoxy) is 1. The highest BCUT2D eigenvalue weighted by Crippen LogP contribution is 2.25. The normalized spacial score (nSPS) is 14.6. The lowest BCUT2D eigenvalue weighted by Crippen LogP contribution is -2.31. The second-order valence-electron chi connectivity index (χ2n) is 7.46. The van der Waals surface area contributed by atoms with Crippen LogP contribution < -0.4 is 5.32 Å². The van der Waals surface area contributed by atoms with Gasteiger partial charge in [0.05, 0.1) is 29.4 Å². The molecule has 4 heterocycles. The van der Waals surface area contributed by atoms with Crippen molar-refractivity contribution in [1.29, 1.82) is 0 Å². The van der Waals surface area contributed by atoms with E-state index in [0.29, 0.717) is 24.6 Å². The number of rotatable bonds is 5. The molecule has 39 heavy (non-hydrogen) atoms. The third-order valence-electron chi connectivity index (χ3n) is 4.59. The summed E-state index contributed by atoms with van der Waals surface area (Å²) in [5.74, 6) is -5.58. The number of nitrogens with zero attached hydrogens (tertiary/aromatic N) is 3. The molecule has 4 rings (SSSR count). The van der Waals surface area contributed by atoms with Gasteiger partial charge in [-0.25, -0.2) is 9.59 Å². The lowest BCUT2D eigenvalue weighted by Gasteiger charge is -2.22. The van der Waals surface area contributed by atoms with Crippen LogP contribution in [0.4, 0.5) is 26.3 Å². The van der Waals surface area contributed by atoms with Crippen LogP contribution in [-0.2, 0) is 27.3 Å². The van der Waals surface area contributed by atoms with E-state index in [9.17, 15) is 31.1 Å². The minimum absolute atomic E-state index is 0.0707. The van der Waals surface area contributed by atoms with Gasteiger partial charge in [-0.2, -0.15) is 31.4 Å². The lowest BCUT2D eigenvalue weighted by atomic mass is 10.1. The van der Waals surface area contributed by atoms with Crippen molar-refractivity contribution in [2.24, 2.45) is 0 Å². The van der Waals surface area contributed by atoms with Gasteiger partial charge in [-0.05, 0) is 35.6 Å². The summed E-state index contributed by atoms with van der Waals surface area (Å²) in [5.41, 5.74) is 3.05. The maximum atomic E-state index is 12.1. The molecule has 212 valence electrons. The number of pyridine rings is 1. The van der Waals surface area contributed by atoms with Crippen molar-refractivity contribution in [2.45, 2.75) is 31.4 Å². The second kappa shape index (κ2) is 13.7. The van der Waals surface area contributed by atoms with Crippen LogP contribution in [0.1, 0.15) is 32.7 Å². The summed E-state index contributed by atoms with van der Waals surface area (Å²) in [6.07, 6.45) is -5.70. The molecule has 1 amide bonds. The first kappa shape index (κ1) is 31.2. The van der Waals surface area contributed by atoms with E-state index < -0.39 is 24.3 Å². The van der Waals surface area contributed by atoms with E-state index in [1.165, 1.54) is 16.9 Å². The first-order valence-electron chi connectivity index (χ1n) is 10.7. The molecule has 1 aliphatic rings. The van der Waals surface area contributed by atoms with Gasteiger partial charge in [-0.15, -0.1) is 11.3 Å². The number of carbonyl (C=O) groups excluding carboxylic acids is 1. The summed E-state index contributed by atoms with van der Waals surface area (Å²) < 4.78 is 71.2. The van der Waals surface area contributed by atoms with Crippen molar-refractivity contribution in [3.8, 4) is 0 Å². The molecule has 0 saturated carbocycles. The van der Waals surface area contributed by atoms with E-state index in [4.69, 9.17) is 24.5 Å². The zero-order valence-electron chi connectivity index (χ0n) is 19.6. The quantitative estimate of drug-likeness (QED) is 0.387. The Morgan fingerprint density at radius 2 is 1.69 bits per heavy atom. The SMILES string of the molecule is O=C(NCC1OCCc2cn(Cc3ccccn3)nc21)c1cccs1.O=C(O)C(F)(F)F.O=C(O)C(F)(F)F. The van der Waals surface area contributed by atoms with E-state index >= 15 is 0 Å². The molecule has 0 aliphatic carbocycles. The van der Waals surface area contributed by atoms with Gasteiger partial charge < -0.3 is 20.3 Å². The molecule has 0 bridgehead atoms. The molecular formula is C22H20F6N4O6S. The Labute approximate surface area is 219 Å². The van der Waals surface area contributed by atoms with Crippen LogP contribution in [0.3, 0.4) is 0 Å². The molecule has 0 spiro atoms. The van der Waals surface area contributed by atoms with Crippen LogP contribution in [0, 0.1) is 0 Å². The van der Waals surface area contributed by atoms with Crippen molar-refractivity contribution >= 4 is 29.2 Å². The van der Waals surface area contributed by atoms with E-state index in [0.717, 1.165) is 17.8 Å². The van der Waals surface area contributed by atoms with Crippen LogP contribution in [-0.4, -0.2) is 68.3 Å². The number of halogens is 6. The largest absolute Gasteiger partial charge is 0.490 e. The summed E-state index contributed by atoms with van der Waals surface area (Å²) in [6, 6.07) is 9.54. The molecule has 3 aromatic heterocycles. The number of carbonyl (C=O) groups is 3. The predicted molar refractivity (Wildman–Crippen MR) is 122 cm³/mol. The summed E-state index contributed by atoms with van der Waals surface area (Å²) in [7, 11) is 0. The maximum absolute atomic E-state index is 12.1. The number of hydrogen-bond acceptors (Lipinski definition) is 7. The number of thiophene rings is 1. The molecular weight excluding hydrogens is 562 g/mol. The zero-order valence-corrected chi connectivity index (χ0v) is 20.4. The number of hydrogen-bond donors (Lipinski definition) is 3. The Morgan fingerprint density at radius 3 is 2.21 bits per heavy atom. The number of nitrogens with one attached hydrogen (secondary N) is 1. The number of fused-ring (bicyclic) bond motifs is 1. The minimum atomic E-state index is -5.08. The maximum Gasteiger partial charge on any atom is 0.490 e. The molecule has 1 unspecified atom stereocenters. The number of aromatic nitrogens is 3. The highest BCUT2D eigenvalue weighted by atomic mass is 32.1. The van der Waals surface area contributed by atoms with Crippen LogP contribution in [0.5, 0.6) is 0 Å². The molecule has 17 heteroatoms. The summed E-state index contributed by atoms with van der Waals surface area (Å²) >= 11 is 1.43. The van der Waals surface area contributed by atoms with Crippen LogP contribution in [0.15, 0.2) is 48.1 Å². The third kappa shape index (κ3) is 10.4. The monoisotopic (exact) mass is 582 g/mol. The molecule has 0 saturated heterocycles. The fourth-order valence-electron chi connectivity index (χ4n) is 2.91. The van der Waals surface area contributed by atoms with Gasteiger partial charge in [0.1, 0.15) is 6.10 Å². The summed E-state index contributed by atoms with van der Waals surface area (Å²) in [5, 5.41) is 23.8. The smallest absolute Gasteiger partial charge is 0.475 e. The average molecular weight is 582 g/mol. The van der Waals surface area contributed by atoms with Gasteiger partial charge >= 0.3 is 24.3 Å². The lowest BCUT2D eigenvalue weighted by molar-refractivity contribution is -0.193. The van der Waals surface area contributed by atoms with Crippen molar-refractivity contribution in [3.05, 3.63) is 69.9 Å². The van der Waals surface area contributed by atoms with Crippen LogP contribution in [0.2, 0.25) is 0 Å². The van der Waals surface area contributed by atoms with Gasteiger partial charge in [0.15, 0.2) is 0 Å². The number of carboxylic acid groups (broad SMARTS) is 2. The molecule has 1 aliphatic heterocycles. The summed E-state index contributed by atoms with van der Waals surface area (Å²) in [6.45, 7) is 1.69. The van der Waals surface area contributed by atoms with Gasteiger partial charge in [-0.1, -0.05) is 12.1 Å². The molecule has 0 aromatic carbocycles. The number of alkyl halides is 6. The Bertz CT molecular complexity index is 1210. The van der Waals surface area contributed by atoms with E-state index in [1.54, 1.807) is 6.20 Å². The highest BCUT2D eigenvalue weighted by Gasteiger charge is 2.38. The van der Waals surface area contributed by atoms with E-state index in [2.05, 4.69) is 21.6 Å². The molecule has 10 nitrogen and oxygen atoms in total. The zero-order chi connectivity index (χ0) is 29.2. The Kier molecular flexibility index (Phi) is 11.0. The standard InChI is InChI=1S/C18H18N4O2S.2C2HF3O2/c23-18(16-5-3-9-25-16)20-10-15-17-13(6-8-24-15)11-22(21-17)12-14-4-1-2-7-19-14;2*3-2(4,5)1(6)7/h1-5,7,9,11,15H,6,8,10,12H2,(H,20,23);2*(H,6,7). The van der Waals surface area contributed by atoms with Crippen molar-refractivity contribution in [2.75, 3.05) is 13.2 Å². The Hall–Kier alpha value is -3.99. The van der Waals surface area contributed by atoms with Crippen LogP contribution in [0.25, 0.3) is 0 Å². The Balaban J connectivity index is 0.000000317. The van der Waals surface area contributed by atoms with Gasteiger partial charge in [0.2, 0.25) is 0 Å². The minimum Gasteiger partial charge on any atom is -0.475 e. The molecule has 1 atom stereocenters. The average Bonchev–Trinajstić information content (AvgIpc) is 3.53. The highest BCUT2D eigenvalue weighted by molar-refractivity contribution is 7.12. The predicted octanol–water partition coefficient (Wildman–Crippen LogP) is 3.70. The molecule has 3 aromatic rings. The Morgan fingerprint density at radius 1 is 1.05 bits per heavy atom. The molecule has 3 N–H and O–H groups in total. The number of amides is 1. The molecule has 0 radical (unpaired) electrons. The van der Waals surface area contributed by atoms with E-state index in [1.807, 2.05) is 40.4 Å². The first-order chi connectivity index (χ1) is 18.2. The van der Waals surface area contributed by atoms with Crippen LogP contribution >= 0.6 is 11.3 Å². The first-order valence-corrected chi connectivity index (χ1v) is 11.6. The van der Waals surface area contributed by atoms with Crippen molar-refractivity contribution in [3.63, 3.8) is 0 Å².